The summed E-state index contributed by atoms with van der Waals surface area (Å²) in [5, 5.41) is 1.64. The van der Waals surface area contributed by atoms with Crippen LogP contribution in [0.4, 0.5) is 19.0 Å². The molecule has 2 heterocycles. The molecule has 0 unspecified atom stereocenters. The smallest absolute Gasteiger partial charge is 0.354 e. The lowest BCUT2D eigenvalue weighted by Gasteiger charge is -2.18. The average Bonchev–Trinajstić information content (AvgIpc) is 2.79. The molecule has 8 heteroatoms. The zero-order valence-electron chi connectivity index (χ0n) is 9.78. The Morgan fingerprint density at radius 3 is 2.68 bits per heavy atom. The van der Waals surface area contributed by atoms with E-state index < -0.39 is 11.7 Å². The van der Waals surface area contributed by atoms with Gasteiger partial charge in [-0.25, -0.2) is 9.97 Å². The van der Waals surface area contributed by atoms with Crippen LogP contribution in [0.25, 0.3) is 0 Å². The number of nitrogens with zero attached hydrogens (tertiary/aromatic N) is 3. The van der Waals surface area contributed by atoms with Gasteiger partial charge >= 0.3 is 6.18 Å². The van der Waals surface area contributed by atoms with Gasteiger partial charge in [0.2, 0.25) is 0 Å². The molecule has 0 saturated carbocycles. The largest absolute Gasteiger partial charge is 0.416 e. The number of hydrogen-bond acceptors (Lipinski definition) is 4. The summed E-state index contributed by atoms with van der Waals surface area (Å²) in [5.41, 5.74) is 1.62. The van der Waals surface area contributed by atoms with Gasteiger partial charge in [0.1, 0.15) is 11.0 Å². The van der Waals surface area contributed by atoms with Gasteiger partial charge in [-0.15, -0.1) is 11.3 Å². The van der Waals surface area contributed by atoms with Gasteiger partial charge in [0, 0.05) is 12.4 Å². The van der Waals surface area contributed by atoms with Crippen LogP contribution in [-0.4, -0.2) is 17.0 Å². The van der Waals surface area contributed by atoms with Gasteiger partial charge in [0.05, 0.1) is 23.3 Å². The Morgan fingerprint density at radius 2 is 2.11 bits per heavy atom. The first kappa shape index (κ1) is 14.1. The molecule has 0 fully saturated rings. The number of anilines is 1. The molecule has 3 nitrogen and oxygen atoms in total. The van der Waals surface area contributed by atoms with Crippen LogP contribution in [0, 0.1) is 0 Å². The number of aromatic nitrogens is 2. The third-order valence-corrected chi connectivity index (χ3v) is 3.21. The third-order valence-electron chi connectivity index (χ3n) is 2.38. The van der Waals surface area contributed by atoms with Crippen LogP contribution in [0.15, 0.2) is 23.0 Å². The van der Waals surface area contributed by atoms with Crippen LogP contribution in [0.5, 0.6) is 0 Å². The first-order valence-electron chi connectivity index (χ1n) is 5.19. The second-order valence-electron chi connectivity index (χ2n) is 3.87. The zero-order chi connectivity index (χ0) is 14.0. The Labute approximate surface area is 116 Å². The van der Waals surface area contributed by atoms with Crippen LogP contribution < -0.4 is 4.90 Å². The number of hydrogen-bond donors (Lipinski definition) is 0. The normalized spacial score (nSPS) is 11.6. The van der Waals surface area contributed by atoms with Crippen molar-refractivity contribution in [2.45, 2.75) is 12.7 Å². The van der Waals surface area contributed by atoms with Crippen LogP contribution in [0.3, 0.4) is 0 Å². The molecule has 2 aromatic heterocycles. The molecular weight excluding hydrogens is 299 g/mol. The highest BCUT2D eigenvalue weighted by Crippen LogP contribution is 2.32. The van der Waals surface area contributed by atoms with Gasteiger partial charge in [0.15, 0.2) is 0 Å². The molecule has 102 valence electrons. The molecule has 0 aliphatic heterocycles. The number of halogens is 4. The van der Waals surface area contributed by atoms with E-state index in [0.717, 1.165) is 17.8 Å². The molecule has 0 N–H and O–H groups in total. The van der Waals surface area contributed by atoms with Crippen molar-refractivity contribution < 1.29 is 13.2 Å². The molecule has 2 rings (SSSR count). The van der Waals surface area contributed by atoms with Crippen LogP contribution in [-0.2, 0) is 12.7 Å². The fourth-order valence-corrected chi connectivity index (χ4v) is 2.24. The van der Waals surface area contributed by atoms with Crippen molar-refractivity contribution in [2.75, 3.05) is 11.9 Å². The highest BCUT2D eigenvalue weighted by molar-refractivity contribution is 7.07. The number of alkyl halides is 3. The van der Waals surface area contributed by atoms with E-state index >= 15 is 0 Å². The minimum atomic E-state index is -4.44. The molecule has 0 aliphatic carbocycles. The Bertz CT molecular complexity index is 557. The monoisotopic (exact) mass is 307 g/mol. The predicted molar refractivity (Wildman–Crippen MR) is 68.5 cm³/mol. The fourth-order valence-electron chi connectivity index (χ4n) is 1.48. The lowest BCUT2D eigenvalue weighted by atomic mass is 10.2. The predicted octanol–water partition coefficient (Wildman–Crippen LogP) is 3.85. The van der Waals surface area contributed by atoms with Gasteiger partial charge in [-0.05, 0) is 12.1 Å². The van der Waals surface area contributed by atoms with Crippen LogP contribution >= 0.6 is 22.9 Å². The van der Waals surface area contributed by atoms with E-state index in [9.17, 15) is 13.2 Å². The molecule has 0 bridgehead atoms. The zero-order valence-corrected chi connectivity index (χ0v) is 11.4. The molecule has 2 aromatic rings. The molecule has 0 spiro atoms. The molecular formula is C11H9ClF3N3S. The summed E-state index contributed by atoms with van der Waals surface area (Å²) in [7, 11) is 1.64. The summed E-state index contributed by atoms with van der Waals surface area (Å²) in [4.78, 5) is 9.53. The number of rotatable bonds is 3. The van der Waals surface area contributed by atoms with Crippen molar-refractivity contribution in [1.82, 2.24) is 9.97 Å². The second-order valence-corrected chi connectivity index (χ2v) is 4.98. The average molecular weight is 308 g/mol. The van der Waals surface area contributed by atoms with E-state index in [1.165, 1.54) is 11.3 Å². The van der Waals surface area contributed by atoms with E-state index in [2.05, 4.69) is 9.97 Å². The Morgan fingerprint density at radius 1 is 1.37 bits per heavy atom. The second kappa shape index (κ2) is 5.34. The van der Waals surface area contributed by atoms with E-state index in [1.54, 1.807) is 17.5 Å². The van der Waals surface area contributed by atoms with E-state index in [4.69, 9.17) is 11.6 Å². The number of thiazole rings is 1. The van der Waals surface area contributed by atoms with E-state index in [-0.39, 0.29) is 11.0 Å². The maximum Gasteiger partial charge on any atom is 0.416 e. The fraction of sp³-hybridized carbons (Fsp3) is 0.273. The molecule has 0 radical (unpaired) electrons. The maximum atomic E-state index is 12.7. The Kier molecular flexibility index (Phi) is 3.96. The molecule has 0 atom stereocenters. The molecule has 0 saturated heterocycles. The van der Waals surface area contributed by atoms with Gasteiger partial charge in [-0.2, -0.15) is 13.2 Å². The molecule has 0 amide bonds. The first-order valence-corrected chi connectivity index (χ1v) is 6.51. The first-order chi connectivity index (χ1) is 8.86. The summed E-state index contributed by atoms with van der Waals surface area (Å²) in [5.74, 6) is 0.160. The summed E-state index contributed by atoms with van der Waals surface area (Å²) in [6.07, 6.45) is -4.44. The minimum Gasteiger partial charge on any atom is -0.354 e. The van der Waals surface area contributed by atoms with Crippen LogP contribution in [0.1, 0.15) is 11.3 Å². The van der Waals surface area contributed by atoms with Crippen molar-refractivity contribution in [3.8, 4) is 0 Å². The van der Waals surface area contributed by atoms with Crippen molar-refractivity contribution in [3.63, 3.8) is 0 Å². The highest BCUT2D eigenvalue weighted by atomic mass is 35.5. The highest BCUT2D eigenvalue weighted by Gasteiger charge is 2.31. The topological polar surface area (TPSA) is 29.0 Å². The summed E-state index contributed by atoms with van der Waals surface area (Å²) < 4.78 is 38.0. The SMILES string of the molecule is CN(Cc1cscn1)c1cc(C(F)(F)F)cc(Cl)n1. The Hall–Kier alpha value is -1.34. The van der Waals surface area contributed by atoms with Crippen LogP contribution in [0.2, 0.25) is 5.15 Å². The lowest BCUT2D eigenvalue weighted by molar-refractivity contribution is -0.137. The van der Waals surface area contributed by atoms with Crippen molar-refractivity contribution in [2.24, 2.45) is 0 Å². The Balaban J connectivity index is 2.26. The summed E-state index contributed by atoms with van der Waals surface area (Å²) in [6, 6.07) is 1.78. The standard InChI is InChI=1S/C11H9ClF3N3S/c1-18(4-8-5-19-6-16-8)10-3-7(11(13,14)15)2-9(12)17-10/h2-3,5-6H,4H2,1H3. The van der Waals surface area contributed by atoms with Gasteiger partial charge in [-0.1, -0.05) is 11.6 Å². The van der Waals surface area contributed by atoms with Crippen molar-refractivity contribution >= 4 is 28.8 Å². The third kappa shape index (κ3) is 3.57. The maximum absolute atomic E-state index is 12.7. The quantitative estimate of drug-likeness (QED) is 0.807. The minimum absolute atomic E-state index is 0.160. The van der Waals surface area contributed by atoms with Gasteiger partial charge < -0.3 is 4.90 Å². The molecule has 0 aliphatic rings. The molecule has 19 heavy (non-hydrogen) atoms. The van der Waals surface area contributed by atoms with Crippen molar-refractivity contribution in [1.29, 1.82) is 0 Å². The number of pyridine rings is 1. The van der Waals surface area contributed by atoms with Gasteiger partial charge in [-0.3, -0.25) is 0 Å². The summed E-state index contributed by atoms with van der Waals surface area (Å²) in [6.45, 7) is 0.369. The molecule has 0 aromatic carbocycles. The van der Waals surface area contributed by atoms with E-state index in [0.29, 0.717) is 6.54 Å². The van der Waals surface area contributed by atoms with Gasteiger partial charge in [0.25, 0.3) is 0 Å². The van der Waals surface area contributed by atoms with E-state index in [1.807, 2.05) is 5.38 Å². The summed E-state index contributed by atoms with van der Waals surface area (Å²) >= 11 is 7.05. The van der Waals surface area contributed by atoms with Crippen molar-refractivity contribution in [3.05, 3.63) is 39.4 Å². The lowest BCUT2D eigenvalue weighted by Crippen LogP contribution is -2.19.